The number of aromatic nitrogens is 2. The van der Waals surface area contributed by atoms with Gasteiger partial charge in [-0.3, -0.25) is 14.4 Å². The van der Waals surface area contributed by atoms with Crippen LogP contribution in [0.3, 0.4) is 0 Å². The van der Waals surface area contributed by atoms with Crippen molar-refractivity contribution >= 4 is 5.97 Å². The highest BCUT2D eigenvalue weighted by Crippen LogP contribution is 2.46. The molecule has 0 spiro atoms. The number of halogens is 3. The lowest BCUT2D eigenvalue weighted by molar-refractivity contribution is -0.227. The molecule has 1 aromatic rings. The highest BCUT2D eigenvalue weighted by atomic mass is 19.4. The first-order valence-electron chi connectivity index (χ1n) is 6.17. The molecule has 0 aromatic carbocycles. The number of carbonyl (C=O) groups is 1. The third-order valence-electron chi connectivity index (χ3n) is 3.81. The van der Waals surface area contributed by atoms with E-state index in [-0.39, 0.29) is 13.1 Å². The number of hydrogen-bond donors (Lipinski definition) is 1. The number of rotatable bonds is 3. The molecular formula is C12H16F3N3O2. The second-order valence-electron chi connectivity index (χ2n) is 5.26. The lowest BCUT2D eigenvalue weighted by Gasteiger charge is -2.27. The Hall–Kier alpha value is -1.57. The molecule has 0 radical (unpaired) electrons. The lowest BCUT2D eigenvalue weighted by Crippen LogP contribution is -2.47. The van der Waals surface area contributed by atoms with Crippen molar-refractivity contribution in [3.05, 3.63) is 17.5 Å². The Morgan fingerprint density at radius 2 is 2.20 bits per heavy atom. The van der Waals surface area contributed by atoms with Gasteiger partial charge in [0.15, 0.2) is 5.41 Å². The summed E-state index contributed by atoms with van der Waals surface area (Å²) < 4.78 is 40.7. The maximum absolute atomic E-state index is 13.0. The van der Waals surface area contributed by atoms with Gasteiger partial charge in [0.1, 0.15) is 0 Å². The van der Waals surface area contributed by atoms with E-state index in [4.69, 9.17) is 5.11 Å². The molecule has 1 aliphatic rings. The number of aliphatic carboxylic acids is 1. The standard InChI is InChI=1S/C12H16F3N3O2/c1-8-9(5-17(2)16-8)6-18-4-3-11(7-18,10(19)20)12(13,14)15/h5H,3-4,6-7H2,1-2H3,(H,19,20). The molecule has 1 unspecified atom stereocenters. The zero-order valence-corrected chi connectivity index (χ0v) is 11.2. The number of nitrogens with zero attached hydrogens (tertiary/aromatic N) is 3. The van der Waals surface area contributed by atoms with Crippen molar-refractivity contribution in [2.45, 2.75) is 26.1 Å². The Morgan fingerprint density at radius 1 is 1.55 bits per heavy atom. The van der Waals surface area contributed by atoms with Crippen LogP contribution in [0.25, 0.3) is 0 Å². The number of carboxylic acids is 1. The molecule has 5 nitrogen and oxygen atoms in total. The van der Waals surface area contributed by atoms with Crippen molar-refractivity contribution in [2.24, 2.45) is 12.5 Å². The smallest absolute Gasteiger partial charge is 0.406 e. The summed E-state index contributed by atoms with van der Waals surface area (Å²) in [5.41, 5.74) is -1.09. The molecule has 1 N–H and O–H groups in total. The summed E-state index contributed by atoms with van der Waals surface area (Å²) >= 11 is 0. The van der Waals surface area contributed by atoms with Crippen molar-refractivity contribution in [3.8, 4) is 0 Å². The number of alkyl halides is 3. The maximum Gasteiger partial charge on any atom is 0.406 e. The average molecular weight is 291 g/mol. The van der Waals surface area contributed by atoms with E-state index in [1.54, 1.807) is 24.9 Å². The van der Waals surface area contributed by atoms with E-state index >= 15 is 0 Å². The van der Waals surface area contributed by atoms with E-state index in [0.717, 1.165) is 11.3 Å². The van der Waals surface area contributed by atoms with Crippen molar-refractivity contribution < 1.29 is 23.1 Å². The van der Waals surface area contributed by atoms with Crippen LogP contribution >= 0.6 is 0 Å². The molecule has 1 aliphatic heterocycles. The first kappa shape index (κ1) is 14.8. The van der Waals surface area contributed by atoms with Crippen LogP contribution in [0.5, 0.6) is 0 Å². The molecule has 20 heavy (non-hydrogen) atoms. The van der Waals surface area contributed by atoms with Crippen molar-refractivity contribution in [1.29, 1.82) is 0 Å². The Bertz CT molecular complexity index is 527. The zero-order valence-electron chi connectivity index (χ0n) is 11.2. The summed E-state index contributed by atoms with van der Waals surface area (Å²) in [6.07, 6.45) is -3.41. The molecular weight excluding hydrogens is 275 g/mol. The van der Waals surface area contributed by atoms with Gasteiger partial charge in [-0.1, -0.05) is 0 Å². The van der Waals surface area contributed by atoms with E-state index in [1.165, 1.54) is 4.90 Å². The molecule has 8 heteroatoms. The molecule has 0 bridgehead atoms. The third-order valence-corrected chi connectivity index (χ3v) is 3.81. The van der Waals surface area contributed by atoms with Crippen LogP contribution in [-0.2, 0) is 18.4 Å². The van der Waals surface area contributed by atoms with Crippen LogP contribution in [0.15, 0.2) is 6.20 Å². The summed E-state index contributed by atoms with van der Waals surface area (Å²) in [6, 6.07) is 0. The van der Waals surface area contributed by atoms with Gasteiger partial charge in [0.2, 0.25) is 0 Å². The van der Waals surface area contributed by atoms with Crippen LogP contribution in [-0.4, -0.2) is 45.0 Å². The lowest BCUT2D eigenvalue weighted by atomic mass is 9.86. The van der Waals surface area contributed by atoms with Crippen LogP contribution in [0.4, 0.5) is 13.2 Å². The van der Waals surface area contributed by atoms with Crippen LogP contribution in [0, 0.1) is 12.3 Å². The summed E-state index contributed by atoms with van der Waals surface area (Å²) in [7, 11) is 1.73. The highest BCUT2D eigenvalue weighted by Gasteiger charge is 2.63. The number of aryl methyl sites for hydroxylation is 2. The second kappa shape index (κ2) is 4.76. The largest absolute Gasteiger partial charge is 0.481 e. The van der Waals surface area contributed by atoms with Crippen LogP contribution in [0.2, 0.25) is 0 Å². The fourth-order valence-electron chi connectivity index (χ4n) is 2.60. The minimum absolute atomic E-state index is 0.111. The van der Waals surface area contributed by atoms with Gasteiger partial charge in [0.25, 0.3) is 0 Å². The van der Waals surface area contributed by atoms with Gasteiger partial charge in [0.05, 0.1) is 5.69 Å². The van der Waals surface area contributed by atoms with Gasteiger partial charge in [-0.05, 0) is 13.3 Å². The quantitative estimate of drug-likeness (QED) is 0.918. The van der Waals surface area contributed by atoms with E-state index in [2.05, 4.69) is 5.10 Å². The van der Waals surface area contributed by atoms with Crippen molar-refractivity contribution in [1.82, 2.24) is 14.7 Å². The normalized spacial score (nSPS) is 24.2. The molecule has 1 atom stereocenters. The van der Waals surface area contributed by atoms with E-state index in [9.17, 15) is 18.0 Å². The SMILES string of the molecule is Cc1nn(C)cc1CN1CCC(C(=O)O)(C(F)(F)F)C1. The van der Waals surface area contributed by atoms with E-state index in [1.807, 2.05) is 0 Å². The monoisotopic (exact) mass is 291 g/mol. The van der Waals surface area contributed by atoms with Crippen LogP contribution in [0.1, 0.15) is 17.7 Å². The summed E-state index contributed by atoms with van der Waals surface area (Å²) in [5, 5.41) is 13.1. The van der Waals surface area contributed by atoms with Crippen LogP contribution < -0.4 is 0 Å². The second-order valence-corrected chi connectivity index (χ2v) is 5.26. The number of likely N-dealkylation sites (tertiary alicyclic amines) is 1. The van der Waals surface area contributed by atoms with Gasteiger partial charge in [-0.15, -0.1) is 0 Å². The average Bonchev–Trinajstić information content (AvgIpc) is 2.84. The summed E-state index contributed by atoms with van der Waals surface area (Å²) in [5.74, 6) is -1.80. The van der Waals surface area contributed by atoms with Crippen molar-refractivity contribution in [3.63, 3.8) is 0 Å². The highest BCUT2D eigenvalue weighted by molar-refractivity contribution is 5.76. The molecule has 112 valence electrons. The molecule has 2 heterocycles. The van der Waals surface area contributed by atoms with E-state index in [0.29, 0.717) is 0 Å². The molecule has 1 saturated heterocycles. The molecule has 0 aliphatic carbocycles. The van der Waals surface area contributed by atoms with Gasteiger partial charge < -0.3 is 5.11 Å². The molecule has 0 saturated carbocycles. The molecule has 0 amide bonds. The molecule has 1 fully saturated rings. The fourth-order valence-corrected chi connectivity index (χ4v) is 2.60. The third kappa shape index (κ3) is 2.39. The van der Waals surface area contributed by atoms with Gasteiger partial charge in [-0.25, -0.2) is 0 Å². The van der Waals surface area contributed by atoms with Crippen molar-refractivity contribution in [2.75, 3.05) is 13.1 Å². The Kier molecular flexibility index (Phi) is 3.53. The van der Waals surface area contributed by atoms with Gasteiger partial charge in [0, 0.05) is 38.4 Å². The number of carboxylic acid groups (broad SMARTS) is 1. The molecule has 1 aromatic heterocycles. The summed E-state index contributed by atoms with van der Waals surface area (Å²) in [6.45, 7) is 1.66. The first-order valence-corrected chi connectivity index (χ1v) is 6.17. The Labute approximate surface area is 114 Å². The predicted octanol–water partition coefficient (Wildman–Crippen LogP) is 1.57. The zero-order chi connectivity index (χ0) is 15.1. The van der Waals surface area contributed by atoms with Gasteiger partial charge >= 0.3 is 12.1 Å². The topological polar surface area (TPSA) is 58.4 Å². The van der Waals surface area contributed by atoms with Gasteiger partial charge in [-0.2, -0.15) is 18.3 Å². The molecule has 2 rings (SSSR count). The Morgan fingerprint density at radius 3 is 2.60 bits per heavy atom. The predicted molar refractivity (Wildman–Crippen MR) is 64.0 cm³/mol. The Balaban J connectivity index is 2.15. The van der Waals surface area contributed by atoms with E-state index < -0.39 is 30.5 Å². The summed E-state index contributed by atoms with van der Waals surface area (Å²) in [4.78, 5) is 12.6. The fraction of sp³-hybridized carbons (Fsp3) is 0.667. The minimum Gasteiger partial charge on any atom is -0.481 e. The number of hydrogen-bond acceptors (Lipinski definition) is 3. The first-order chi connectivity index (χ1) is 9.15. The maximum atomic E-state index is 13.0. The minimum atomic E-state index is -4.74.